The molecule has 1 aliphatic rings. The second-order valence-corrected chi connectivity index (χ2v) is 4.32. The van der Waals surface area contributed by atoms with Gasteiger partial charge in [0.05, 0.1) is 18.8 Å². The van der Waals surface area contributed by atoms with Crippen LogP contribution < -0.4 is 15.0 Å². The third-order valence-corrected chi connectivity index (χ3v) is 2.98. The van der Waals surface area contributed by atoms with E-state index in [4.69, 9.17) is 4.74 Å². The first-order valence-corrected chi connectivity index (χ1v) is 6.12. The molecule has 0 aromatic heterocycles. The summed E-state index contributed by atoms with van der Waals surface area (Å²) in [5.41, 5.74) is 0.438. The van der Waals surface area contributed by atoms with Crippen LogP contribution in [0.1, 0.15) is 0 Å². The second kappa shape index (κ2) is 6.51. The van der Waals surface area contributed by atoms with Crippen molar-refractivity contribution in [3.8, 4) is 5.75 Å². The number of nitrogens with zero attached hydrogens (tertiary/aromatic N) is 2. The molecule has 1 heterocycles. The zero-order valence-electron chi connectivity index (χ0n) is 11.0. The molecule has 0 atom stereocenters. The molecule has 0 spiro atoms. The fourth-order valence-corrected chi connectivity index (χ4v) is 1.86. The number of hydrogen-bond acceptors (Lipinski definition) is 5. The van der Waals surface area contributed by atoms with E-state index in [9.17, 15) is 19.2 Å². The maximum absolute atomic E-state index is 11.3. The summed E-state index contributed by atoms with van der Waals surface area (Å²) in [5.74, 6) is 0.566. The topological polar surface area (TPSA) is 96.0 Å². The van der Waals surface area contributed by atoms with E-state index >= 15 is 0 Å². The predicted octanol–water partition coefficient (Wildman–Crippen LogP) is -0.265. The van der Waals surface area contributed by atoms with E-state index in [0.29, 0.717) is 43.8 Å². The molecule has 8 heteroatoms. The fourth-order valence-electron chi connectivity index (χ4n) is 1.86. The lowest BCUT2D eigenvalue weighted by atomic mass is 10.2. The molecule has 21 heavy (non-hydrogen) atoms. The third-order valence-electron chi connectivity index (χ3n) is 2.98. The summed E-state index contributed by atoms with van der Waals surface area (Å²) in [7, 11) is 0. The smallest absolute Gasteiger partial charge is 0.324 e. The van der Waals surface area contributed by atoms with Crippen LogP contribution in [-0.2, 0) is 14.4 Å². The summed E-state index contributed by atoms with van der Waals surface area (Å²) >= 11 is 0. The first-order valence-electron chi connectivity index (χ1n) is 6.12. The standard InChI is InChI=1S/C13H13N3O5/c17-7-14-13(20)15-5-12(6-15)21-11-3-1-10(2-4-11)16(8-18)9-19/h1-4,7-9,12H,5-6H2,(H,14,17,20). The molecule has 0 bridgehead atoms. The Balaban J connectivity index is 1.85. The van der Waals surface area contributed by atoms with E-state index in [-0.39, 0.29) is 6.10 Å². The molecule has 1 aliphatic heterocycles. The van der Waals surface area contributed by atoms with Gasteiger partial charge in [0.25, 0.3) is 0 Å². The Morgan fingerprint density at radius 2 is 1.81 bits per heavy atom. The SMILES string of the molecule is O=CNC(=O)N1CC(Oc2ccc(N(C=O)C=O)cc2)C1. The van der Waals surface area contributed by atoms with Crippen LogP contribution in [0.3, 0.4) is 0 Å². The molecule has 1 aromatic rings. The molecule has 1 aromatic carbocycles. The predicted molar refractivity (Wildman–Crippen MR) is 71.6 cm³/mol. The molecule has 0 aliphatic carbocycles. The lowest BCUT2D eigenvalue weighted by Crippen LogP contribution is -2.58. The number of benzene rings is 1. The zero-order valence-corrected chi connectivity index (χ0v) is 11.0. The molecule has 8 nitrogen and oxygen atoms in total. The number of imide groups is 2. The van der Waals surface area contributed by atoms with Gasteiger partial charge in [0, 0.05) is 0 Å². The van der Waals surface area contributed by atoms with Crippen molar-refractivity contribution >= 4 is 30.9 Å². The van der Waals surface area contributed by atoms with E-state index < -0.39 is 6.03 Å². The van der Waals surface area contributed by atoms with Gasteiger partial charge in [0.2, 0.25) is 19.2 Å². The number of likely N-dealkylation sites (tertiary alicyclic amines) is 1. The van der Waals surface area contributed by atoms with Crippen molar-refractivity contribution in [1.82, 2.24) is 10.2 Å². The average molecular weight is 291 g/mol. The summed E-state index contributed by atoms with van der Waals surface area (Å²) in [5, 5.41) is 2.04. The average Bonchev–Trinajstić information content (AvgIpc) is 2.45. The Kier molecular flexibility index (Phi) is 4.50. The van der Waals surface area contributed by atoms with E-state index in [2.05, 4.69) is 0 Å². The second-order valence-electron chi connectivity index (χ2n) is 4.32. The normalized spacial score (nSPS) is 13.8. The van der Waals surface area contributed by atoms with Crippen LogP contribution in [0.5, 0.6) is 5.75 Å². The van der Waals surface area contributed by atoms with Crippen molar-refractivity contribution in [1.29, 1.82) is 0 Å². The van der Waals surface area contributed by atoms with Gasteiger partial charge in [0.1, 0.15) is 11.9 Å². The van der Waals surface area contributed by atoms with Gasteiger partial charge in [-0.2, -0.15) is 0 Å². The first-order chi connectivity index (χ1) is 10.2. The summed E-state index contributed by atoms with van der Waals surface area (Å²) in [6.07, 6.45) is 1.01. The van der Waals surface area contributed by atoms with E-state index in [1.165, 1.54) is 4.90 Å². The van der Waals surface area contributed by atoms with Crippen molar-refractivity contribution in [2.75, 3.05) is 18.0 Å². The highest BCUT2D eigenvalue weighted by Crippen LogP contribution is 2.21. The van der Waals surface area contributed by atoms with E-state index in [1.807, 2.05) is 5.32 Å². The maximum Gasteiger partial charge on any atom is 0.324 e. The monoisotopic (exact) mass is 291 g/mol. The molecular weight excluding hydrogens is 278 g/mol. The van der Waals surface area contributed by atoms with Crippen LogP contribution >= 0.6 is 0 Å². The number of anilines is 1. The highest BCUT2D eigenvalue weighted by molar-refractivity contribution is 5.95. The maximum atomic E-state index is 11.3. The van der Waals surface area contributed by atoms with Gasteiger partial charge in [-0.25, -0.2) is 4.79 Å². The van der Waals surface area contributed by atoms with Gasteiger partial charge in [-0.1, -0.05) is 0 Å². The Hall–Kier alpha value is -2.90. The van der Waals surface area contributed by atoms with Crippen LogP contribution in [0.2, 0.25) is 0 Å². The largest absolute Gasteiger partial charge is 0.487 e. The van der Waals surface area contributed by atoms with Crippen molar-refractivity contribution in [3.63, 3.8) is 0 Å². The highest BCUT2D eigenvalue weighted by atomic mass is 16.5. The number of rotatable bonds is 6. The van der Waals surface area contributed by atoms with Gasteiger partial charge in [-0.05, 0) is 24.3 Å². The number of urea groups is 1. The number of ether oxygens (including phenoxy) is 1. The highest BCUT2D eigenvalue weighted by Gasteiger charge is 2.32. The number of carbonyl (C=O) groups excluding carboxylic acids is 4. The third kappa shape index (κ3) is 3.35. The van der Waals surface area contributed by atoms with Gasteiger partial charge in [-0.15, -0.1) is 0 Å². The van der Waals surface area contributed by atoms with Gasteiger partial charge in [0.15, 0.2) is 0 Å². The Labute approximate surface area is 120 Å². The molecule has 0 radical (unpaired) electrons. The molecule has 1 N–H and O–H groups in total. The first kappa shape index (κ1) is 14.5. The summed E-state index contributed by atoms with van der Waals surface area (Å²) in [6, 6.07) is 5.96. The molecule has 5 amide bonds. The molecule has 0 saturated carbocycles. The molecule has 1 saturated heterocycles. The van der Waals surface area contributed by atoms with Crippen LogP contribution in [0.15, 0.2) is 24.3 Å². The number of carbonyl (C=O) groups is 4. The quantitative estimate of drug-likeness (QED) is 0.728. The van der Waals surface area contributed by atoms with E-state index in [1.54, 1.807) is 24.3 Å². The van der Waals surface area contributed by atoms with Crippen LogP contribution in [0, 0.1) is 0 Å². The Morgan fingerprint density at radius 1 is 1.19 bits per heavy atom. The molecule has 1 fully saturated rings. The van der Waals surface area contributed by atoms with Gasteiger partial charge in [-0.3, -0.25) is 24.6 Å². The molecule has 2 rings (SSSR count). The van der Waals surface area contributed by atoms with Gasteiger partial charge < -0.3 is 9.64 Å². The number of amides is 5. The summed E-state index contributed by atoms with van der Waals surface area (Å²) in [6.45, 7) is 0.770. The Bertz CT molecular complexity index is 531. The van der Waals surface area contributed by atoms with Crippen molar-refractivity contribution in [3.05, 3.63) is 24.3 Å². The molecule has 0 unspecified atom stereocenters. The minimum atomic E-state index is -0.451. The molecular formula is C13H13N3O5. The Morgan fingerprint density at radius 3 is 2.33 bits per heavy atom. The fraction of sp³-hybridized carbons (Fsp3) is 0.231. The number of hydrogen-bond donors (Lipinski definition) is 1. The molecule has 110 valence electrons. The lowest BCUT2D eigenvalue weighted by molar-refractivity contribution is -0.114. The lowest BCUT2D eigenvalue weighted by Gasteiger charge is -2.38. The number of nitrogens with one attached hydrogen (secondary N) is 1. The summed E-state index contributed by atoms with van der Waals surface area (Å²) in [4.78, 5) is 44.9. The van der Waals surface area contributed by atoms with Crippen LogP contribution in [-0.4, -0.2) is 49.4 Å². The minimum Gasteiger partial charge on any atom is -0.487 e. The zero-order chi connectivity index (χ0) is 15.2. The van der Waals surface area contributed by atoms with Gasteiger partial charge >= 0.3 is 6.03 Å². The van der Waals surface area contributed by atoms with Crippen molar-refractivity contribution < 1.29 is 23.9 Å². The van der Waals surface area contributed by atoms with Crippen molar-refractivity contribution in [2.24, 2.45) is 0 Å². The van der Waals surface area contributed by atoms with E-state index in [0.717, 1.165) is 4.90 Å². The minimum absolute atomic E-state index is 0.151. The summed E-state index contributed by atoms with van der Waals surface area (Å²) < 4.78 is 5.61. The van der Waals surface area contributed by atoms with Crippen LogP contribution in [0.25, 0.3) is 0 Å². The van der Waals surface area contributed by atoms with Crippen molar-refractivity contribution in [2.45, 2.75) is 6.10 Å². The van der Waals surface area contributed by atoms with Crippen LogP contribution in [0.4, 0.5) is 10.5 Å².